The Morgan fingerprint density at radius 1 is 0.962 bits per heavy atom. The van der Waals surface area contributed by atoms with Crippen molar-refractivity contribution in [1.82, 2.24) is 9.97 Å². The monoisotopic (exact) mass is 358 g/mol. The molecule has 3 rings (SSSR count). The number of anilines is 4. The fraction of sp³-hybridized carbons (Fsp3) is 0.158. The molecular formula is C19H17F3N4. The van der Waals surface area contributed by atoms with E-state index in [2.05, 4.69) is 27.5 Å². The van der Waals surface area contributed by atoms with Crippen LogP contribution in [0.3, 0.4) is 0 Å². The smallest absolute Gasteiger partial charge is 0.229 e. The van der Waals surface area contributed by atoms with Crippen LogP contribution in [0, 0.1) is 24.4 Å². The van der Waals surface area contributed by atoms with Gasteiger partial charge in [0.1, 0.15) is 5.82 Å². The minimum absolute atomic E-state index is 0.0616. The summed E-state index contributed by atoms with van der Waals surface area (Å²) in [6, 6.07) is 9.58. The molecule has 4 nitrogen and oxygen atoms in total. The second kappa shape index (κ2) is 7.43. The van der Waals surface area contributed by atoms with E-state index in [-0.39, 0.29) is 11.6 Å². The maximum atomic E-state index is 13.8. The van der Waals surface area contributed by atoms with Gasteiger partial charge in [-0.1, -0.05) is 25.1 Å². The predicted octanol–water partition coefficient (Wildman–Crippen LogP) is 5.25. The van der Waals surface area contributed by atoms with Crippen molar-refractivity contribution < 1.29 is 13.2 Å². The lowest BCUT2D eigenvalue weighted by Gasteiger charge is -2.14. The Bertz CT molecular complexity index is 944. The number of hydrogen-bond acceptors (Lipinski definition) is 4. The van der Waals surface area contributed by atoms with Gasteiger partial charge < -0.3 is 10.6 Å². The topological polar surface area (TPSA) is 49.8 Å². The van der Waals surface area contributed by atoms with E-state index < -0.39 is 17.5 Å². The van der Waals surface area contributed by atoms with E-state index in [1.807, 2.05) is 25.1 Å². The Kier molecular flexibility index (Phi) is 5.06. The number of halogens is 3. The molecule has 0 amide bonds. The summed E-state index contributed by atoms with van der Waals surface area (Å²) in [4.78, 5) is 8.25. The lowest BCUT2D eigenvalue weighted by Crippen LogP contribution is -2.04. The summed E-state index contributed by atoms with van der Waals surface area (Å²) in [7, 11) is 0. The molecule has 0 saturated heterocycles. The number of para-hydroxylation sites is 1. The molecule has 3 aromatic rings. The molecular weight excluding hydrogens is 341 g/mol. The first-order valence-electron chi connectivity index (χ1n) is 8.08. The summed E-state index contributed by atoms with van der Waals surface area (Å²) in [5.74, 6) is -3.56. The van der Waals surface area contributed by atoms with Crippen LogP contribution in [0.2, 0.25) is 0 Å². The zero-order valence-electron chi connectivity index (χ0n) is 14.3. The average Bonchev–Trinajstić information content (AvgIpc) is 2.64. The zero-order valence-corrected chi connectivity index (χ0v) is 14.3. The van der Waals surface area contributed by atoms with Crippen molar-refractivity contribution in [2.45, 2.75) is 20.3 Å². The Balaban J connectivity index is 1.87. The van der Waals surface area contributed by atoms with Gasteiger partial charge in [-0.25, -0.2) is 18.2 Å². The quantitative estimate of drug-likeness (QED) is 0.612. The first-order chi connectivity index (χ1) is 12.5. The van der Waals surface area contributed by atoms with Gasteiger partial charge in [-0.3, -0.25) is 0 Å². The highest BCUT2D eigenvalue weighted by Gasteiger charge is 2.14. The molecule has 0 radical (unpaired) electrons. The van der Waals surface area contributed by atoms with Crippen LogP contribution >= 0.6 is 0 Å². The first-order valence-corrected chi connectivity index (χ1v) is 8.08. The molecule has 0 atom stereocenters. The maximum Gasteiger partial charge on any atom is 0.229 e. The fourth-order valence-corrected chi connectivity index (χ4v) is 2.56. The van der Waals surface area contributed by atoms with Crippen molar-refractivity contribution in [1.29, 1.82) is 0 Å². The molecule has 0 aliphatic heterocycles. The van der Waals surface area contributed by atoms with E-state index >= 15 is 0 Å². The second-order valence-corrected chi connectivity index (χ2v) is 5.70. The van der Waals surface area contributed by atoms with Gasteiger partial charge in [0.15, 0.2) is 17.5 Å². The summed E-state index contributed by atoms with van der Waals surface area (Å²) < 4.78 is 40.2. The van der Waals surface area contributed by atoms with E-state index in [1.165, 1.54) is 6.20 Å². The lowest BCUT2D eigenvalue weighted by atomic mass is 10.1. The number of nitrogens with zero attached hydrogens (tertiary/aromatic N) is 2. The number of benzene rings is 2. The van der Waals surface area contributed by atoms with Gasteiger partial charge in [0.05, 0.1) is 5.69 Å². The van der Waals surface area contributed by atoms with Crippen LogP contribution in [0.25, 0.3) is 0 Å². The highest BCUT2D eigenvalue weighted by molar-refractivity contribution is 5.65. The molecule has 0 unspecified atom stereocenters. The zero-order chi connectivity index (χ0) is 18.7. The molecule has 0 fully saturated rings. The van der Waals surface area contributed by atoms with Crippen molar-refractivity contribution in [2.24, 2.45) is 0 Å². The van der Waals surface area contributed by atoms with Gasteiger partial charge in [-0.15, -0.1) is 0 Å². The van der Waals surface area contributed by atoms with Crippen LogP contribution in [0.4, 0.5) is 36.3 Å². The lowest BCUT2D eigenvalue weighted by molar-refractivity contribution is 0.449. The molecule has 0 aliphatic carbocycles. The Hall–Kier alpha value is -3.09. The van der Waals surface area contributed by atoms with Crippen LogP contribution in [-0.4, -0.2) is 9.97 Å². The summed E-state index contributed by atoms with van der Waals surface area (Å²) >= 11 is 0. The van der Waals surface area contributed by atoms with Gasteiger partial charge in [0, 0.05) is 11.9 Å². The molecule has 7 heteroatoms. The molecule has 0 spiro atoms. The first kappa shape index (κ1) is 17.7. The summed E-state index contributed by atoms with van der Waals surface area (Å²) in [5, 5.41) is 5.80. The van der Waals surface area contributed by atoms with E-state index in [9.17, 15) is 13.2 Å². The van der Waals surface area contributed by atoms with Gasteiger partial charge in [-0.05, 0) is 42.7 Å². The largest absolute Gasteiger partial charge is 0.340 e. The third-order valence-corrected chi connectivity index (χ3v) is 3.93. The molecule has 0 aliphatic rings. The Morgan fingerprint density at radius 3 is 2.54 bits per heavy atom. The Labute approximate surface area is 149 Å². The molecule has 26 heavy (non-hydrogen) atoms. The van der Waals surface area contributed by atoms with Crippen LogP contribution in [0.5, 0.6) is 0 Å². The summed E-state index contributed by atoms with van der Waals surface area (Å²) in [5.41, 5.74) is 2.89. The van der Waals surface area contributed by atoms with Crippen LogP contribution < -0.4 is 10.6 Å². The number of aromatic nitrogens is 2. The highest BCUT2D eigenvalue weighted by Crippen LogP contribution is 2.26. The number of rotatable bonds is 5. The van der Waals surface area contributed by atoms with Crippen molar-refractivity contribution in [3.63, 3.8) is 0 Å². The minimum atomic E-state index is -1.54. The van der Waals surface area contributed by atoms with E-state index in [0.29, 0.717) is 5.82 Å². The maximum absolute atomic E-state index is 13.8. The molecule has 134 valence electrons. The van der Waals surface area contributed by atoms with Crippen molar-refractivity contribution in [3.8, 4) is 0 Å². The molecule has 1 heterocycles. The van der Waals surface area contributed by atoms with E-state index in [0.717, 1.165) is 35.4 Å². The van der Waals surface area contributed by atoms with Crippen LogP contribution in [0.15, 0.2) is 42.6 Å². The van der Waals surface area contributed by atoms with Gasteiger partial charge in [-0.2, -0.15) is 4.98 Å². The standard InChI is InChI=1S/C19H17F3N4/c1-3-12-6-4-5-11(2)18(12)25-15-9-10-23-19(26-15)24-14-8-7-13(20)16(21)17(14)22/h4-10H,3H2,1-2H3,(H2,23,24,25,26). The third kappa shape index (κ3) is 3.61. The Morgan fingerprint density at radius 2 is 1.77 bits per heavy atom. The number of nitrogens with one attached hydrogen (secondary N) is 2. The van der Waals surface area contributed by atoms with Crippen LogP contribution in [0.1, 0.15) is 18.1 Å². The van der Waals surface area contributed by atoms with Crippen LogP contribution in [-0.2, 0) is 6.42 Å². The van der Waals surface area contributed by atoms with E-state index in [4.69, 9.17) is 0 Å². The van der Waals surface area contributed by atoms with Gasteiger partial charge >= 0.3 is 0 Å². The molecule has 0 saturated carbocycles. The average molecular weight is 358 g/mol. The molecule has 0 bridgehead atoms. The molecule has 2 N–H and O–H groups in total. The normalized spacial score (nSPS) is 10.7. The number of aryl methyl sites for hydroxylation is 2. The van der Waals surface area contributed by atoms with Crippen molar-refractivity contribution >= 4 is 23.1 Å². The highest BCUT2D eigenvalue weighted by atomic mass is 19.2. The van der Waals surface area contributed by atoms with Gasteiger partial charge in [0.2, 0.25) is 5.95 Å². The van der Waals surface area contributed by atoms with Gasteiger partial charge in [0.25, 0.3) is 0 Å². The van der Waals surface area contributed by atoms with E-state index in [1.54, 1.807) is 6.07 Å². The third-order valence-electron chi connectivity index (χ3n) is 3.93. The fourth-order valence-electron chi connectivity index (χ4n) is 2.56. The van der Waals surface area contributed by atoms with Crippen molar-refractivity contribution in [3.05, 3.63) is 71.2 Å². The molecule has 1 aromatic heterocycles. The summed E-state index contributed by atoms with van der Waals surface area (Å²) in [6.07, 6.45) is 2.33. The second-order valence-electron chi connectivity index (χ2n) is 5.70. The predicted molar refractivity (Wildman–Crippen MR) is 95.5 cm³/mol. The van der Waals surface area contributed by atoms with Crippen molar-refractivity contribution in [2.75, 3.05) is 10.6 Å². The minimum Gasteiger partial charge on any atom is -0.340 e. The SMILES string of the molecule is CCc1cccc(C)c1Nc1ccnc(Nc2ccc(F)c(F)c2F)n1. The summed E-state index contributed by atoms with van der Waals surface area (Å²) in [6.45, 7) is 4.04. The number of hydrogen-bond donors (Lipinski definition) is 2. The molecule has 2 aromatic carbocycles.